The first-order valence-corrected chi connectivity index (χ1v) is 6.67. The second-order valence-electron chi connectivity index (χ2n) is 4.97. The molecule has 1 aliphatic carbocycles. The van der Waals surface area contributed by atoms with E-state index in [1.54, 1.807) is 0 Å². The minimum atomic E-state index is 0.793. The molecule has 0 spiro atoms. The van der Waals surface area contributed by atoms with E-state index >= 15 is 0 Å². The summed E-state index contributed by atoms with van der Waals surface area (Å²) in [6, 6.07) is 2.06. The number of nitrogens with one attached hydrogen (secondary N) is 1. The molecule has 0 atom stereocenters. The molecule has 0 amide bonds. The summed E-state index contributed by atoms with van der Waals surface area (Å²) >= 11 is 0. The summed E-state index contributed by atoms with van der Waals surface area (Å²) in [5.74, 6) is 0.841. The average molecular weight is 249 g/mol. The third-order valence-corrected chi connectivity index (χ3v) is 3.29. The molecule has 100 valence electrons. The van der Waals surface area contributed by atoms with Gasteiger partial charge in [-0.3, -0.25) is 4.98 Å². The summed E-state index contributed by atoms with van der Waals surface area (Å²) in [5, 5.41) is 3.18. The standard InChI is InChI=1S/C14H23N3O/c1-15-9-13-5-6-16-10-14(13)17(2)7-8-18-11-12-3-4-12/h5-6,10,12,15H,3-4,7-9,11H2,1-2H3. The SMILES string of the molecule is CNCc1ccncc1N(C)CCOCC1CC1. The summed E-state index contributed by atoms with van der Waals surface area (Å²) in [7, 11) is 4.06. The predicted molar refractivity (Wildman–Crippen MR) is 73.8 cm³/mol. The van der Waals surface area contributed by atoms with Crippen LogP contribution in [-0.2, 0) is 11.3 Å². The van der Waals surface area contributed by atoms with Crippen LogP contribution in [0.1, 0.15) is 18.4 Å². The van der Waals surface area contributed by atoms with Crippen LogP contribution in [0, 0.1) is 5.92 Å². The summed E-state index contributed by atoms with van der Waals surface area (Å²) in [6.45, 7) is 3.51. The Morgan fingerprint density at radius 2 is 2.33 bits per heavy atom. The van der Waals surface area contributed by atoms with Crippen molar-refractivity contribution >= 4 is 5.69 Å². The average Bonchev–Trinajstić information content (AvgIpc) is 3.19. The fourth-order valence-corrected chi connectivity index (χ4v) is 1.96. The molecule has 4 heteroatoms. The van der Waals surface area contributed by atoms with E-state index in [0.29, 0.717) is 0 Å². The van der Waals surface area contributed by atoms with Crippen molar-refractivity contribution in [2.45, 2.75) is 19.4 Å². The largest absolute Gasteiger partial charge is 0.379 e. The Labute approximate surface area is 109 Å². The minimum absolute atomic E-state index is 0.793. The zero-order valence-corrected chi connectivity index (χ0v) is 11.4. The van der Waals surface area contributed by atoms with Crippen LogP contribution in [-0.4, -0.2) is 38.8 Å². The molecule has 0 unspecified atom stereocenters. The van der Waals surface area contributed by atoms with Gasteiger partial charge < -0.3 is 15.0 Å². The molecular formula is C14H23N3O. The van der Waals surface area contributed by atoms with Crippen molar-refractivity contribution < 1.29 is 4.74 Å². The van der Waals surface area contributed by atoms with Gasteiger partial charge in [-0.15, -0.1) is 0 Å². The van der Waals surface area contributed by atoms with E-state index in [0.717, 1.165) is 32.2 Å². The van der Waals surface area contributed by atoms with Crippen LogP contribution in [0.4, 0.5) is 5.69 Å². The van der Waals surface area contributed by atoms with Crippen LogP contribution in [0.15, 0.2) is 18.5 Å². The van der Waals surface area contributed by atoms with Crippen LogP contribution < -0.4 is 10.2 Å². The molecule has 18 heavy (non-hydrogen) atoms. The van der Waals surface area contributed by atoms with Crippen molar-refractivity contribution in [1.82, 2.24) is 10.3 Å². The molecule has 2 rings (SSSR count). The number of pyridine rings is 1. The molecule has 0 radical (unpaired) electrons. The fourth-order valence-electron chi connectivity index (χ4n) is 1.96. The fraction of sp³-hybridized carbons (Fsp3) is 0.643. The van der Waals surface area contributed by atoms with E-state index < -0.39 is 0 Å². The van der Waals surface area contributed by atoms with Gasteiger partial charge in [0.2, 0.25) is 0 Å². The first-order chi connectivity index (χ1) is 8.81. The molecule has 1 fully saturated rings. The summed E-state index contributed by atoms with van der Waals surface area (Å²) in [4.78, 5) is 6.42. The van der Waals surface area contributed by atoms with Crippen molar-refractivity contribution in [2.75, 3.05) is 38.8 Å². The monoisotopic (exact) mass is 249 g/mol. The van der Waals surface area contributed by atoms with Crippen molar-refractivity contribution in [3.63, 3.8) is 0 Å². The molecule has 0 aromatic carbocycles. The van der Waals surface area contributed by atoms with Gasteiger partial charge in [0, 0.05) is 32.9 Å². The Kier molecular flexibility index (Phi) is 4.96. The van der Waals surface area contributed by atoms with E-state index in [-0.39, 0.29) is 0 Å². The molecule has 1 aromatic heterocycles. The number of hydrogen-bond donors (Lipinski definition) is 1. The van der Waals surface area contributed by atoms with Gasteiger partial charge in [-0.1, -0.05) is 0 Å². The molecule has 1 N–H and O–H groups in total. The van der Waals surface area contributed by atoms with Crippen molar-refractivity contribution in [1.29, 1.82) is 0 Å². The van der Waals surface area contributed by atoms with E-state index in [1.165, 1.54) is 24.1 Å². The molecule has 0 saturated heterocycles. The number of likely N-dealkylation sites (N-methyl/N-ethyl adjacent to an activating group) is 1. The maximum absolute atomic E-state index is 5.67. The highest BCUT2D eigenvalue weighted by Gasteiger charge is 2.21. The van der Waals surface area contributed by atoms with E-state index in [9.17, 15) is 0 Å². The van der Waals surface area contributed by atoms with Crippen LogP contribution >= 0.6 is 0 Å². The minimum Gasteiger partial charge on any atom is -0.379 e. The normalized spacial score (nSPS) is 14.8. The smallest absolute Gasteiger partial charge is 0.0641 e. The van der Waals surface area contributed by atoms with Gasteiger partial charge in [-0.05, 0) is 37.4 Å². The second kappa shape index (κ2) is 6.71. The quantitative estimate of drug-likeness (QED) is 0.711. The molecule has 0 aliphatic heterocycles. The highest BCUT2D eigenvalue weighted by Crippen LogP contribution is 2.28. The lowest BCUT2D eigenvalue weighted by Gasteiger charge is -2.21. The van der Waals surface area contributed by atoms with Gasteiger partial charge in [-0.25, -0.2) is 0 Å². The molecule has 1 aromatic rings. The van der Waals surface area contributed by atoms with Gasteiger partial charge in [0.15, 0.2) is 0 Å². The molecule has 1 saturated carbocycles. The summed E-state index contributed by atoms with van der Waals surface area (Å²) in [6.07, 6.45) is 6.47. The van der Waals surface area contributed by atoms with Gasteiger partial charge in [0.1, 0.15) is 0 Å². The second-order valence-corrected chi connectivity index (χ2v) is 4.97. The number of ether oxygens (including phenoxy) is 1. The van der Waals surface area contributed by atoms with Crippen LogP contribution in [0.2, 0.25) is 0 Å². The number of anilines is 1. The molecule has 4 nitrogen and oxygen atoms in total. The van der Waals surface area contributed by atoms with Gasteiger partial charge >= 0.3 is 0 Å². The Morgan fingerprint density at radius 3 is 3.06 bits per heavy atom. The topological polar surface area (TPSA) is 37.4 Å². The predicted octanol–water partition coefficient (Wildman–Crippen LogP) is 1.66. The van der Waals surface area contributed by atoms with Crippen molar-refractivity contribution in [2.24, 2.45) is 5.92 Å². The highest BCUT2D eigenvalue weighted by molar-refractivity contribution is 5.50. The van der Waals surface area contributed by atoms with Gasteiger partial charge in [0.25, 0.3) is 0 Å². The van der Waals surface area contributed by atoms with E-state index in [4.69, 9.17) is 4.74 Å². The first kappa shape index (κ1) is 13.3. The zero-order chi connectivity index (χ0) is 12.8. The van der Waals surface area contributed by atoms with Crippen LogP contribution in [0.25, 0.3) is 0 Å². The molecule has 0 bridgehead atoms. The summed E-state index contributed by atoms with van der Waals surface area (Å²) < 4.78 is 5.67. The van der Waals surface area contributed by atoms with E-state index in [2.05, 4.69) is 28.3 Å². The number of rotatable bonds is 8. The lowest BCUT2D eigenvalue weighted by Crippen LogP contribution is -2.25. The van der Waals surface area contributed by atoms with Gasteiger partial charge in [-0.2, -0.15) is 0 Å². The maximum Gasteiger partial charge on any atom is 0.0641 e. The Bertz CT molecular complexity index is 366. The third-order valence-electron chi connectivity index (χ3n) is 3.29. The Hall–Kier alpha value is -1.13. The molecule has 1 heterocycles. The Morgan fingerprint density at radius 1 is 1.50 bits per heavy atom. The highest BCUT2D eigenvalue weighted by atomic mass is 16.5. The Balaban J connectivity index is 1.80. The van der Waals surface area contributed by atoms with E-state index in [1.807, 2.05) is 19.4 Å². The third kappa shape index (κ3) is 3.96. The molecule has 1 aliphatic rings. The lowest BCUT2D eigenvalue weighted by atomic mass is 10.2. The number of nitrogens with zero attached hydrogens (tertiary/aromatic N) is 2. The van der Waals surface area contributed by atoms with Gasteiger partial charge in [0.05, 0.1) is 18.5 Å². The first-order valence-electron chi connectivity index (χ1n) is 6.67. The zero-order valence-electron chi connectivity index (χ0n) is 11.4. The molecular weight excluding hydrogens is 226 g/mol. The van der Waals surface area contributed by atoms with Crippen molar-refractivity contribution in [3.8, 4) is 0 Å². The van der Waals surface area contributed by atoms with Crippen molar-refractivity contribution in [3.05, 3.63) is 24.0 Å². The van der Waals surface area contributed by atoms with Crippen LogP contribution in [0.3, 0.4) is 0 Å². The lowest BCUT2D eigenvalue weighted by molar-refractivity contribution is 0.131. The number of aromatic nitrogens is 1. The maximum atomic E-state index is 5.67. The van der Waals surface area contributed by atoms with Crippen LogP contribution in [0.5, 0.6) is 0 Å². The summed E-state index contributed by atoms with van der Waals surface area (Å²) in [5.41, 5.74) is 2.46. The number of hydrogen-bond acceptors (Lipinski definition) is 4.